The lowest BCUT2D eigenvalue weighted by Crippen LogP contribution is -2.57. The van der Waals surface area contributed by atoms with Crippen LogP contribution in [-0.4, -0.2) is 132 Å². The molecule has 3 atom stereocenters. The van der Waals surface area contributed by atoms with Crippen molar-refractivity contribution in [1.29, 1.82) is 0 Å². The Morgan fingerprint density at radius 3 is 1.89 bits per heavy atom. The fraction of sp³-hybridized carbons (Fsp3) is 0.818. The van der Waals surface area contributed by atoms with Crippen molar-refractivity contribution < 1.29 is 42.9 Å². The first-order chi connectivity index (χ1) is 22.0. The fourth-order valence-electron chi connectivity index (χ4n) is 4.87. The van der Waals surface area contributed by atoms with E-state index in [1.807, 2.05) is 27.7 Å². The Morgan fingerprint density at radius 1 is 0.761 bits per heavy atom. The quantitative estimate of drug-likeness (QED) is 0.133. The van der Waals surface area contributed by atoms with E-state index in [-0.39, 0.29) is 48.7 Å². The number of rotatable bonds is 22. The molecule has 46 heavy (non-hydrogen) atoms. The second kappa shape index (κ2) is 24.4. The highest BCUT2D eigenvalue weighted by Gasteiger charge is 2.34. The molecule has 2 N–H and O–H groups in total. The number of ether oxygens (including phenoxy) is 5. The second-order valence-electron chi connectivity index (χ2n) is 12.3. The average molecular weight is 657 g/mol. The van der Waals surface area contributed by atoms with Gasteiger partial charge in [-0.25, -0.2) is 4.79 Å². The van der Waals surface area contributed by atoms with Gasteiger partial charge in [0.15, 0.2) is 0 Å². The Bertz CT molecular complexity index is 914. The molecule has 0 unspecified atom stereocenters. The zero-order valence-electron chi connectivity index (χ0n) is 29.2. The predicted molar refractivity (Wildman–Crippen MR) is 175 cm³/mol. The molecule has 13 nitrogen and oxygen atoms in total. The van der Waals surface area contributed by atoms with E-state index in [0.717, 1.165) is 32.1 Å². The van der Waals surface area contributed by atoms with Gasteiger partial charge in [-0.1, -0.05) is 39.8 Å². The summed E-state index contributed by atoms with van der Waals surface area (Å²) in [5.41, 5.74) is 0. The molecule has 1 aliphatic rings. The van der Waals surface area contributed by atoms with Gasteiger partial charge in [-0.05, 0) is 43.9 Å². The minimum atomic E-state index is -0.712. The van der Waals surface area contributed by atoms with E-state index in [2.05, 4.69) is 22.8 Å². The standard InChI is InChI=1S/C33H60N4O9/c1-25(2)29(32(40)36(5)6)35-31(39)30(26(3)4)37(7)28(38)15-17-42-19-21-44-23-24-45-22-20-43-18-16-34-33(41)46-27-13-11-9-8-10-12-14-27/h8-9,25-27,29-30H,10-24H2,1-7H3,(H,34,41)(H,35,39)/b9-8+/t27-,29-,30-/m0/s1. The average Bonchev–Trinajstić information content (AvgIpc) is 2.98. The van der Waals surface area contributed by atoms with Crippen molar-refractivity contribution in [2.75, 3.05) is 80.5 Å². The number of hydrogen-bond acceptors (Lipinski definition) is 9. The Labute approximate surface area is 276 Å². The van der Waals surface area contributed by atoms with Crippen molar-refractivity contribution in [3.05, 3.63) is 12.2 Å². The zero-order valence-corrected chi connectivity index (χ0v) is 29.2. The molecule has 0 aromatic rings. The third-order valence-electron chi connectivity index (χ3n) is 7.47. The molecule has 0 aliphatic heterocycles. The Hall–Kier alpha value is -2.74. The largest absolute Gasteiger partial charge is 0.446 e. The van der Waals surface area contributed by atoms with Gasteiger partial charge in [0.25, 0.3) is 0 Å². The molecule has 266 valence electrons. The minimum Gasteiger partial charge on any atom is -0.446 e. The molecule has 0 aromatic carbocycles. The molecule has 13 heteroatoms. The number of hydrogen-bond donors (Lipinski definition) is 2. The highest BCUT2D eigenvalue weighted by molar-refractivity contribution is 5.92. The number of amides is 4. The molecule has 0 bridgehead atoms. The van der Waals surface area contributed by atoms with Crippen LogP contribution in [0, 0.1) is 11.8 Å². The van der Waals surface area contributed by atoms with Crippen LogP contribution in [0.2, 0.25) is 0 Å². The van der Waals surface area contributed by atoms with E-state index in [0.29, 0.717) is 52.8 Å². The molecule has 0 saturated carbocycles. The third-order valence-corrected chi connectivity index (χ3v) is 7.47. The van der Waals surface area contributed by atoms with E-state index >= 15 is 0 Å². The minimum absolute atomic E-state index is 0.0280. The second-order valence-corrected chi connectivity index (χ2v) is 12.3. The van der Waals surface area contributed by atoms with Gasteiger partial charge in [0.1, 0.15) is 18.2 Å². The molecule has 0 saturated heterocycles. The van der Waals surface area contributed by atoms with E-state index in [4.69, 9.17) is 23.7 Å². The van der Waals surface area contributed by atoms with Gasteiger partial charge in [-0.15, -0.1) is 0 Å². The molecule has 0 radical (unpaired) electrons. The molecule has 0 aromatic heterocycles. The SMILES string of the molecule is CC(C)[C@H](NC(=O)[C@H](C(C)C)N(C)C(=O)CCOCCOCCOCCOCCNC(=O)O[C@H]1CC/C=C/CCC1)C(=O)N(C)C. The van der Waals surface area contributed by atoms with Crippen LogP contribution in [0.3, 0.4) is 0 Å². The number of nitrogens with one attached hydrogen (secondary N) is 2. The number of carbonyl (C=O) groups excluding carboxylic acids is 4. The van der Waals surface area contributed by atoms with Crippen molar-refractivity contribution in [2.45, 2.75) is 84.4 Å². The van der Waals surface area contributed by atoms with Gasteiger partial charge >= 0.3 is 6.09 Å². The Balaban J connectivity index is 2.09. The fourth-order valence-corrected chi connectivity index (χ4v) is 4.87. The van der Waals surface area contributed by atoms with Gasteiger partial charge in [-0.3, -0.25) is 14.4 Å². The summed E-state index contributed by atoms with van der Waals surface area (Å²) in [6, 6.07) is -1.38. The zero-order chi connectivity index (χ0) is 34.3. The summed E-state index contributed by atoms with van der Waals surface area (Å²) in [5, 5.41) is 5.57. The predicted octanol–water partition coefficient (Wildman–Crippen LogP) is 2.77. The van der Waals surface area contributed by atoms with E-state index < -0.39 is 18.2 Å². The van der Waals surface area contributed by atoms with E-state index in [9.17, 15) is 19.2 Å². The third kappa shape index (κ3) is 17.8. The van der Waals surface area contributed by atoms with Gasteiger partial charge in [0.2, 0.25) is 17.7 Å². The maximum atomic E-state index is 13.1. The lowest BCUT2D eigenvalue weighted by atomic mass is 9.98. The summed E-state index contributed by atoms with van der Waals surface area (Å²) >= 11 is 0. The van der Waals surface area contributed by atoms with Crippen LogP contribution in [0.15, 0.2) is 12.2 Å². The number of carbonyl (C=O) groups is 4. The van der Waals surface area contributed by atoms with Crippen LogP contribution in [0.25, 0.3) is 0 Å². The molecule has 4 amide bonds. The number of nitrogens with zero attached hydrogens (tertiary/aromatic N) is 2. The van der Waals surface area contributed by atoms with Crippen LogP contribution in [0.5, 0.6) is 0 Å². The maximum Gasteiger partial charge on any atom is 0.407 e. The summed E-state index contributed by atoms with van der Waals surface area (Å²) in [6.07, 6.45) is 8.78. The van der Waals surface area contributed by atoms with Crippen molar-refractivity contribution in [1.82, 2.24) is 20.4 Å². The Kier molecular flexibility index (Phi) is 21.9. The molecule has 0 heterocycles. The van der Waals surface area contributed by atoms with Crippen LogP contribution in [-0.2, 0) is 38.1 Å². The van der Waals surface area contributed by atoms with E-state index in [1.54, 1.807) is 21.1 Å². The Morgan fingerprint density at radius 2 is 1.33 bits per heavy atom. The first-order valence-corrected chi connectivity index (χ1v) is 16.6. The van der Waals surface area contributed by atoms with Crippen LogP contribution in [0.4, 0.5) is 4.79 Å². The molecule has 0 spiro atoms. The van der Waals surface area contributed by atoms with Crippen molar-refractivity contribution in [3.63, 3.8) is 0 Å². The number of likely N-dealkylation sites (N-methyl/N-ethyl adjacent to an activating group) is 2. The summed E-state index contributed by atoms with van der Waals surface area (Å²) < 4.78 is 27.5. The lowest BCUT2D eigenvalue weighted by molar-refractivity contribution is -0.143. The van der Waals surface area contributed by atoms with Gasteiger partial charge in [0.05, 0.1) is 59.3 Å². The lowest BCUT2D eigenvalue weighted by Gasteiger charge is -2.33. The van der Waals surface area contributed by atoms with Crippen molar-refractivity contribution in [2.24, 2.45) is 11.8 Å². The summed E-state index contributed by atoms with van der Waals surface area (Å²) in [5.74, 6) is -1.00. The molecule has 1 rings (SSSR count). The highest BCUT2D eigenvalue weighted by atomic mass is 16.6. The van der Waals surface area contributed by atoms with Gasteiger partial charge in [-0.2, -0.15) is 0 Å². The molecular weight excluding hydrogens is 596 g/mol. The maximum absolute atomic E-state index is 13.1. The molecular formula is C33H60N4O9. The van der Waals surface area contributed by atoms with Crippen molar-refractivity contribution >= 4 is 23.8 Å². The van der Waals surface area contributed by atoms with E-state index in [1.165, 1.54) is 9.80 Å². The van der Waals surface area contributed by atoms with Crippen molar-refractivity contribution in [3.8, 4) is 0 Å². The molecule has 1 aliphatic carbocycles. The number of alkyl carbamates (subject to hydrolysis) is 1. The van der Waals surface area contributed by atoms with Crippen LogP contribution >= 0.6 is 0 Å². The smallest absolute Gasteiger partial charge is 0.407 e. The first-order valence-electron chi connectivity index (χ1n) is 16.6. The summed E-state index contributed by atoms with van der Waals surface area (Å²) in [7, 11) is 4.90. The monoisotopic (exact) mass is 656 g/mol. The van der Waals surface area contributed by atoms with Crippen LogP contribution < -0.4 is 10.6 Å². The number of allylic oxidation sites excluding steroid dienone is 2. The topological polar surface area (TPSA) is 145 Å². The highest BCUT2D eigenvalue weighted by Crippen LogP contribution is 2.16. The summed E-state index contributed by atoms with van der Waals surface area (Å²) in [6.45, 7) is 10.7. The first kappa shape index (κ1) is 41.3. The van der Waals surface area contributed by atoms with Gasteiger partial charge in [0, 0.05) is 27.7 Å². The molecule has 0 fully saturated rings. The van der Waals surface area contributed by atoms with Gasteiger partial charge < -0.3 is 44.1 Å². The normalized spacial score (nSPS) is 17.0. The van der Waals surface area contributed by atoms with Crippen LogP contribution in [0.1, 0.15) is 66.2 Å². The summed E-state index contributed by atoms with van der Waals surface area (Å²) in [4.78, 5) is 53.3.